The number of hydrogen-bond acceptors (Lipinski definition) is 3. The van der Waals surface area contributed by atoms with Crippen molar-refractivity contribution in [1.82, 2.24) is 0 Å². The highest BCUT2D eigenvalue weighted by atomic mass is 32.2. The third-order valence-corrected chi connectivity index (χ3v) is 4.70. The van der Waals surface area contributed by atoms with Gasteiger partial charge in [0.2, 0.25) is 0 Å². The average Bonchev–Trinajstić information content (AvgIpc) is 2.47. The van der Waals surface area contributed by atoms with E-state index < -0.39 is 10.1 Å². The molecule has 23 heavy (non-hydrogen) atoms. The molecule has 0 atom stereocenters. The monoisotopic (exact) mass is 346 g/mol. The molecule has 3 nitrogen and oxygen atoms in total. The maximum atomic E-state index is 10.8. The van der Waals surface area contributed by atoms with Crippen molar-refractivity contribution >= 4 is 10.1 Å². The van der Waals surface area contributed by atoms with Crippen LogP contribution in [-0.2, 0) is 14.3 Å². The minimum atomic E-state index is -3.31. The van der Waals surface area contributed by atoms with Crippen molar-refractivity contribution in [3.8, 4) is 0 Å². The van der Waals surface area contributed by atoms with Gasteiger partial charge in [-0.3, -0.25) is 4.18 Å². The Balaban J connectivity index is 3.30. The van der Waals surface area contributed by atoms with Crippen LogP contribution in [-0.4, -0.2) is 21.3 Å². The lowest BCUT2D eigenvalue weighted by Crippen LogP contribution is -2.02. The summed E-state index contributed by atoms with van der Waals surface area (Å²) in [5.41, 5.74) is 1.22. The lowest BCUT2D eigenvalue weighted by Gasteiger charge is -2.04. The van der Waals surface area contributed by atoms with Gasteiger partial charge in [-0.25, -0.2) is 0 Å². The van der Waals surface area contributed by atoms with Crippen LogP contribution in [0.3, 0.4) is 0 Å². The minimum absolute atomic E-state index is 0.170. The van der Waals surface area contributed by atoms with Crippen LogP contribution in [0.15, 0.2) is 11.6 Å². The summed E-state index contributed by atoms with van der Waals surface area (Å²) >= 11 is 0. The molecule has 0 aliphatic carbocycles. The Morgan fingerprint density at radius 2 is 1.26 bits per heavy atom. The van der Waals surface area contributed by atoms with Crippen LogP contribution in [0, 0.1) is 0 Å². The molecule has 0 aromatic heterocycles. The molecule has 0 spiro atoms. The third-order valence-electron chi connectivity index (χ3n) is 4.14. The Bertz CT molecular complexity index is 385. The fourth-order valence-electron chi connectivity index (χ4n) is 2.65. The first-order valence-corrected chi connectivity index (χ1v) is 11.3. The lowest BCUT2D eigenvalue weighted by atomic mass is 10.0. The summed E-state index contributed by atoms with van der Waals surface area (Å²) in [7, 11) is -3.31. The van der Waals surface area contributed by atoms with E-state index in [1.54, 1.807) is 0 Å². The van der Waals surface area contributed by atoms with Gasteiger partial charge in [0.15, 0.2) is 0 Å². The fourth-order valence-corrected chi connectivity index (χ4v) is 2.96. The van der Waals surface area contributed by atoms with Crippen molar-refractivity contribution < 1.29 is 12.6 Å². The standard InChI is InChI=1S/C19H38O3S/c1-4-5-6-7-8-9-10-11-12-13-14-15-16-19(2)17-18-22-23(3,20)21/h17H,4-16,18H2,1-3H3. The second kappa shape index (κ2) is 15.2. The molecule has 0 N–H and O–H groups in total. The van der Waals surface area contributed by atoms with Crippen molar-refractivity contribution in [2.24, 2.45) is 0 Å². The molecule has 0 rings (SSSR count). The van der Waals surface area contributed by atoms with Crippen molar-refractivity contribution in [3.05, 3.63) is 11.6 Å². The molecule has 0 heterocycles. The van der Waals surface area contributed by atoms with Crippen LogP contribution >= 0.6 is 0 Å². The van der Waals surface area contributed by atoms with E-state index in [0.29, 0.717) is 0 Å². The van der Waals surface area contributed by atoms with Gasteiger partial charge in [-0.05, 0) is 19.8 Å². The average molecular weight is 347 g/mol. The van der Waals surface area contributed by atoms with Crippen molar-refractivity contribution in [2.45, 2.75) is 97.3 Å². The molecule has 0 aromatic rings. The summed E-state index contributed by atoms with van der Waals surface area (Å²) in [5.74, 6) is 0. The molecule has 0 radical (unpaired) electrons. The Morgan fingerprint density at radius 3 is 1.70 bits per heavy atom. The maximum Gasteiger partial charge on any atom is 0.264 e. The summed E-state index contributed by atoms with van der Waals surface area (Å²) in [4.78, 5) is 0. The Hall–Kier alpha value is -0.350. The zero-order chi connectivity index (χ0) is 17.4. The second-order valence-corrected chi connectivity index (χ2v) is 8.32. The molecular weight excluding hydrogens is 308 g/mol. The van der Waals surface area contributed by atoms with E-state index in [2.05, 4.69) is 6.92 Å². The zero-order valence-electron chi connectivity index (χ0n) is 15.6. The summed E-state index contributed by atoms with van der Waals surface area (Å²) in [6, 6.07) is 0. The van der Waals surface area contributed by atoms with Gasteiger partial charge in [0.25, 0.3) is 10.1 Å². The zero-order valence-corrected chi connectivity index (χ0v) is 16.4. The number of rotatable bonds is 16. The van der Waals surface area contributed by atoms with Gasteiger partial charge >= 0.3 is 0 Å². The predicted octanol–water partition coefficient (Wildman–Crippen LogP) is 6.00. The molecule has 0 amide bonds. The second-order valence-electron chi connectivity index (χ2n) is 6.68. The fraction of sp³-hybridized carbons (Fsp3) is 0.895. The van der Waals surface area contributed by atoms with Crippen LogP contribution in [0.5, 0.6) is 0 Å². The van der Waals surface area contributed by atoms with Gasteiger partial charge in [-0.1, -0.05) is 89.2 Å². The van der Waals surface area contributed by atoms with Gasteiger partial charge in [-0.2, -0.15) is 8.42 Å². The molecule has 0 saturated heterocycles. The SMILES string of the molecule is CCCCCCCCCCCCCCC(C)=CCOS(C)(=O)=O. The van der Waals surface area contributed by atoms with Gasteiger partial charge in [0, 0.05) is 0 Å². The molecule has 0 aliphatic rings. The Morgan fingerprint density at radius 1 is 0.826 bits per heavy atom. The van der Waals surface area contributed by atoms with E-state index in [-0.39, 0.29) is 6.61 Å². The highest BCUT2D eigenvalue weighted by Gasteiger charge is 1.99. The molecule has 0 unspecified atom stereocenters. The minimum Gasteiger partial charge on any atom is -0.266 e. The van der Waals surface area contributed by atoms with Gasteiger partial charge < -0.3 is 0 Å². The van der Waals surface area contributed by atoms with Crippen LogP contribution < -0.4 is 0 Å². The Labute approximate surface area is 145 Å². The van der Waals surface area contributed by atoms with Gasteiger partial charge in [0.1, 0.15) is 0 Å². The smallest absolute Gasteiger partial charge is 0.264 e. The number of hydrogen-bond donors (Lipinski definition) is 0. The van der Waals surface area contributed by atoms with Crippen molar-refractivity contribution in [1.29, 1.82) is 0 Å². The lowest BCUT2D eigenvalue weighted by molar-refractivity contribution is 0.360. The van der Waals surface area contributed by atoms with Crippen LogP contribution in [0.2, 0.25) is 0 Å². The first kappa shape index (κ1) is 22.6. The van der Waals surface area contributed by atoms with E-state index in [0.717, 1.165) is 12.7 Å². The molecule has 0 aliphatic heterocycles. The first-order chi connectivity index (χ1) is 11.0. The topological polar surface area (TPSA) is 43.4 Å². The molecule has 4 heteroatoms. The van der Waals surface area contributed by atoms with E-state index in [9.17, 15) is 8.42 Å². The summed E-state index contributed by atoms with van der Waals surface area (Å²) in [6.07, 6.45) is 20.3. The molecule has 0 bridgehead atoms. The largest absolute Gasteiger partial charge is 0.266 e. The normalized spacial score (nSPS) is 12.7. The van der Waals surface area contributed by atoms with Crippen molar-refractivity contribution in [3.63, 3.8) is 0 Å². The maximum absolute atomic E-state index is 10.8. The molecular formula is C19H38O3S. The number of allylic oxidation sites excluding steroid dienone is 1. The van der Waals surface area contributed by atoms with E-state index in [1.165, 1.54) is 82.6 Å². The van der Waals surface area contributed by atoms with Crippen LogP contribution in [0.1, 0.15) is 97.3 Å². The summed E-state index contributed by atoms with van der Waals surface area (Å²) in [6.45, 7) is 4.48. The van der Waals surface area contributed by atoms with Crippen molar-refractivity contribution in [2.75, 3.05) is 12.9 Å². The van der Waals surface area contributed by atoms with E-state index >= 15 is 0 Å². The van der Waals surface area contributed by atoms with Crippen LogP contribution in [0.25, 0.3) is 0 Å². The summed E-state index contributed by atoms with van der Waals surface area (Å²) < 4.78 is 26.4. The highest BCUT2D eigenvalue weighted by Crippen LogP contribution is 2.14. The first-order valence-electron chi connectivity index (χ1n) is 9.45. The van der Waals surface area contributed by atoms with Gasteiger partial charge in [0.05, 0.1) is 12.9 Å². The molecule has 0 aromatic carbocycles. The van der Waals surface area contributed by atoms with Gasteiger partial charge in [-0.15, -0.1) is 0 Å². The van der Waals surface area contributed by atoms with E-state index in [1.807, 2.05) is 13.0 Å². The number of unbranched alkanes of at least 4 members (excludes halogenated alkanes) is 11. The predicted molar refractivity (Wildman–Crippen MR) is 100 cm³/mol. The highest BCUT2D eigenvalue weighted by molar-refractivity contribution is 7.85. The van der Waals surface area contributed by atoms with E-state index in [4.69, 9.17) is 4.18 Å². The van der Waals surface area contributed by atoms with Crippen LogP contribution in [0.4, 0.5) is 0 Å². The molecule has 0 saturated carbocycles. The third kappa shape index (κ3) is 19.6. The molecule has 138 valence electrons. The summed E-state index contributed by atoms with van der Waals surface area (Å²) in [5, 5.41) is 0. The molecule has 0 fully saturated rings. The quantitative estimate of drug-likeness (QED) is 0.195. The Kier molecular flexibility index (Phi) is 15.0.